The largest absolute Gasteiger partial charge is 0.495 e. The zero-order valence-electron chi connectivity index (χ0n) is 17.6. The Balaban J connectivity index is 1.53. The highest BCUT2D eigenvalue weighted by atomic mass is 16.5. The Hall–Kier alpha value is -2.86. The molecule has 30 heavy (non-hydrogen) atoms. The van der Waals surface area contributed by atoms with Gasteiger partial charge in [-0.05, 0) is 43.0 Å². The van der Waals surface area contributed by atoms with Crippen molar-refractivity contribution in [1.29, 1.82) is 0 Å². The Morgan fingerprint density at radius 3 is 2.37 bits per heavy atom. The number of piperazine rings is 1. The third-order valence-corrected chi connectivity index (χ3v) is 5.89. The molecule has 2 amide bonds. The Kier molecular flexibility index (Phi) is 6.04. The maximum atomic E-state index is 13.4. The molecule has 0 spiro atoms. The molecule has 1 aliphatic heterocycles. The fourth-order valence-corrected chi connectivity index (χ4v) is 4.07. The summed E-state index contributed by atoms with van der Waals surface area (Å²) in [7, 11) is 1.60. The van der Waals surface area contributed by atoms with Gasteiger partial charge in [0.05, 0.1) is 12.8 Å². The average molecular weight is 408 g/mol. The van der Waals surface area contributed by atoms with Crippen LogP contribution in [0.25, 0.3) is 0 Å². The number of carbonyl (C=O) groups excluding carboxylic acids is 2. The Morgan fingerprint density at radius 2 is 1.73 bits per heavy atom. The molecule has 1 atom stereocenters. The summed E-state index contributed by atoms with van der Waals surface area (Å²) in [4.78, 5) is 30.0. The van der Waals surface area contributed by atoms with Crippen molar-refractivity contribution in [2.45, 2.75) is 25.8 Å². The summed E-state index contributed by atoms with van der Waals surface area (Å²) in [6.45, 7) is 4.67. The van der Waals surface area contributed by atoms with Crippen LogP contribution in [0, 0.1) is 12.8 Å². The number of nitrogens with one attached hydrogen (secondary N) is 1. The summed E-state index contributed by atoms with van der Waals surface area (Å²) in [5.41, 5.74) is 2.67. The van der Waals surface area contributed by atoms with Crippen LogP contribution >= 0.6 is 0 Å². The lowest BCUT2D eigenvalue weighted by Gasteiger charge is -2.39. The molecule has 2 aliphatic rings. The molecule has 0 bridgehead atoms. The van der Waals surface area contributed by atoms with Crippen LogP contribution < -0.4 is 10.1 Å². The number of carbonyl (C=O) groups is 2. The number of methoxy groups -OCH3 is 1. The van der Waals surface area contributed by atoms with Crippen LogP contribution in [0.4, 0.5) is 5.69 Å². The molecule has 6 nitrogen and oxygen atoms in total. The lowest BCUT2D eigenvalue weighted by Crippen LogP contribution is -2.52. The Morgan fingerprint density at radius 1 is 1.03 bits per heavy atom. The standard InChI is InChI=1S/C24H29N3O3/c1-17-8-11-21(30-2)20(16-17)25-23(28)22(18-6-4-3-5-7-18)26-12-14-27(15-13-26)24(29)19-9-10-19/h3-8,11,16,19,22H,9-10,12-15H2,1-2H3,(H,25,28)/t22-/m0/s1. The van der Waals surface area contributed by atoms with E-state index in [1.165, 1.54) is 0 Å². The van der Waals surface area contributed by atoms with Crippen LogP contribution in [0.1, 0.15) is 30.0 Å². The van der Waals surface area contributed by atoms with Gasteiger partial charge < -0.3 is 15.0 Å². The van der Waals surface area contributed by atoms with Gasteiger partial charge in [-0.3, -0.25) is 14.5 Å². The van der Waals surface area contributed by atoms with Crippen molar-refractivity contribution in [3.63, 3.8) is 0 Å². The van der Waals surface area contributed by atoms with Crippen LogP contribution in [-0.4, -0.2) is 54.9 Å². The molecule has 1 aliphatic carbocycles. The maximum absolute atomic E-state index is 13.4. The zero-order chi connectivity index (χ0) is 21.1. The molecule has 0 unspecified atom stereocenters. The molecule has 4 rings (SSSR count). The molecular formula is C24H29N3O3. The molecule has 1 N–H and O–H groups in total. The second-order valence-electron chi connectivity index (χ2n) is 8.14. The summed E-state index contributed by atoms with van der Waals surface area (Å²) < 4.78 is 5.43. The lowest BCUT2D eigenvalue weighted by atomic mass is 10.0. The van der Waals surface area contributed by atoms with Gasteiger partial charge in [-0.2, -0.15) is 0 Å². The molecular weight excluding hydrogens is 378 g/mol. The third kappa shape index (κ3) is 4.49. The van der Waals surface area contributed by atoms with E-state index in [0.29, 0.717) is 37.6 Å². The number of anilines is 1. The number of benzene rings is 2. The van der Waals surface area contributed by atoms with E-state index in [-0.39, 0.29) is 17.7 Å². The third-order valence-electron chi connectivity index (χ3n) is 5.89. The van der Waals surface area contributed by atoms with Crippen molar-refractivity contribution in [1.82, 2.24) is 9.80 Å². The number of hydrogen-bond donors (Lipinski definition) is 1. The first-order valence-electron chi connectivity index (χ1n) is 10.6. The molecule has 2 aromatic carbocycles. The first-order valence-corrected chi connectivity index (χ1v) is 10.6. The summed E-state index contributed by atoms with van der Waals surface area (Å²) in [6.07, 6.45) is 2.04. The van der Waals surface area contributed by atoms with Gasteiger partial charge in [0.1, 0.15) is 11.8 Å². The molecule has 1 heterocycles. The van der Waals surface area contributed by atoms with Crippen molar-refractivity contribution < 1.29 is 14.3 Å². The summed E-state index contributed by atoms with van der Waals surface area (Å²) in [5, 5.41) is 3.07. The minimum absolute atomic E-state index is 0.0907. The monoisotopic (exact) mass is 407 g/mol. The average Bonchev–Trinajstić information content (AvgIpc) is 3.60. The van der Waals surface area contributed by atoms with E-state index in [4.69, 9.17) is 4.74 Å². The van der Waals surface area contributed by atoms with Gasteiger partial charge in [0.2, 0.25) is 11.8 Å². The van der Waals surface area contributed by atoms with Gasteiger partial charge in [0.25, 0.3) is 0 Å². The van der Waals surface area contributed by atoms with Gasteiger partial charge in [-0.25, -0.2) is 0 Å². The second kappa shape index (κ2) is 8.88. The molecule has 2 fully saturated rings. The van der Waals surface area contributed by atoms with Gasteiger partial charge in [-0.1, -0.05) is 36.4 Å². The maximum Gasteiger partial charge on any atom is 0.246 e. The second-order valence-corrected chi connectivity index (χ2v) is 8.14. The van der Waals surface area contributed by atoms with E-state index in [1.54, 1.807) is 7.11 Å². The van der Waals surface area contributed by atoms with Gasteiger partial charge >= 0.3 is 0 Å². The van der Waals surface area contributed by atoms with Crippen molar-refractivity contribution in [2.75, 3.05) is 38.6 Å². The highest BCUT2D eigenvalue weighted by Gasteiger charge is 2.37. The van der Waals surface area contributed by atoms with Crippen LogP contribution in [-0.2, 0) is 9.59 Å². The molecule has 0 aromatic heterocycles. The molecule has 1 saturated carbocycles. The predicted molar refractivity (Wildman–Crippen MR) is 116 cm³/mol. The Bertz CT molecular complexity index is 903. The SMILES string of the molecule is COc1ccc(C)cc1NC(=O)[C@H](c1ccccc1)N1CCN(C(=O)C2CC2)CC1. The van der Waals surface area contributed by atoms with Crippen LogP contribution in [0.5, 0.6) is 5.75 Å². The summed E-state index contributed by atoms with van der Waals surface area (Å²) in [5.74, 6) is 1.06. The van der Waals surface area contributed by atoms with E-state index in [9.17, 15) is 9.59 Å². The molecule has 6 heteroatoms. The quantitative estimate of drug-likeness (QED) is 0.799. The van der Waals surface area contributed by atoms with E-state index in [1.807, 2.05) is 60.4 Å². The van der Waals surface area contributed by atoms with E-state index < -0.39 is 6.04 Å². The summed E-state index contributed by atoms with van der Waals surface area (Å²) in [6, 6.07) is 15.2. The summed E-state index contributed by atoms with van der Waals surface area (Å²) >= 11 is 0. The highest BCUT2D eigenvalue weighted by Crippen LogP contribution is 2.32. The minimum Gasteiger partial charge on any atom is -0.495 e. The number of aryl methyl sites for hydroxylation is 1. The van der Waals surface area contributed by atoms with E-state index in [0.717, 1.165) is 24.0 Å². The van der Waals surface area contributed by atoms with E-state index >= 15 is 0 Å². The highest BCUT2D eigenvalue weighted by molar-refractivity contribution is 5.97. The number of hydrogen-bond acceptors (Lipinski definition) is 4. The van der Waals surface area contributed by atoms with Crippen LogP contribution in [0.15, 0.2) is 48.5 Å². The van der Waals surface area contributed by atoms with Crippen LogP contribution in [0.3, 0.4) is 0 Å². The van der Waals surface area contributed by atoms with Gasteiger partial charge in [-0.15, -0.1) is 0 Å². The fourth-order valence-electron chi connectivity index (χ4n) is 4.07. The van der Waals surface area contributed by atoms with Crippen LogP contribution in [0.2, 0.25) is 0 Å². The number of rotatable bonds is 6. The normalized spacial score (nSPS) is 18.0. The molecule has 2 aromatic rings. The van der Waals surface area contributed by atoms with Crippen molar-refractivity contribution in [3.05, 3.63) is 59.7 Å². The zero-order valence-corrected chi connectivity index (χ0v) is 17.6. The van der Waals surface area contributed by atoms with Crippen molar-refractivity contribution in [3.8, 4) is 5.75 Å². The lowest BCUT2D eigenvalue weighted by molar-refractivity contribution is -0.135. The molecule has 1 saturated heterocycles. The number of ether oxygens (including phenoxy) is 1. The number of amides is 2. The van der Waals surface area contributed by atoms with Crippen molar-refractivity contribution >= 4 is 17.5 Å². The van der Waals surface area contributed by atoms with Gasteiger partial charge in [0, 0.05) is 32.1 Å². The Labute approximate surface area is 177 Å². The molecule has 158 valence electrons. The smallest absolute Gasteiger partial charge is 0.246 e. The first kappa shape index (κ1) is 20.4. The van der Waals surface area contributed by atoms with Gasteiger partial charge in [0.15, 0.2) is 0 Å². The van der Waals surface area contributed by atoms with Crippen molar-refractivity contribution in [2.24, 2.45) is 5.92 Å². The minimum atomic E-state index is -0.422. The molecule has 0 radical (unpaired) electrons. The van der Waals surface area contributed by atoms with E-state index in [2.05, 4.69) is 10.2 Å². The topological polar surface area (TPSA) is 61.9 Å². The fraction of sp³-hybridized carbons (Fsp3) is 0.417. The number of nitrogens with zero attached hydrogens (tertiary/aromatic N) is 2. The first-order chi connectivity index (χ1) is 14.6. The predicted octanol–water partition coefficient (Wildman–Crippen LogP) is 3.24.